The Morgan fingerprint density at radius 1 is 1.28 bits per heavy atom. The summed E-state index contributed by atoms with van der Waals surface area (Å²) in [6, 6.07) is 10.2. The van der Waals surface area contributed by atoms with Crippen molar-refractivity contribution in [2.45, 2.75) is 12.8 Å². The van der Waals surface area contributed by atoms with Crippen molar-refractivity contribution in [2.24, 2.45) is 5.10 Å². The number of hydrogen-bond donors (Lipinski definition) is 1. The van der Waals surface area contributed by atoms with Gasteiger partial charge in [0.2, 0.25) is 0 Å². The lowest BCUT2D eigenvalue weighted by Crippen LogP contribution is -2.43. The third kappa shape index (κ3) is 6.81. The van der Waals surface area contributed by atoms with Crippen LogP contribution < -0.4 is 5.43 Å². The van der Waals surface area contributed by atoms with E-state index in [2.05, 4.69) is 22.7 Å². The molecular formula is C14H22N3O+. The fraction of sp³-hybridized carbons (Fsp3) is 0.429. The van der Waals surface area contributed by atoms with Gasteiger partial charge in [-0.15, -0.1) is 0 Å². The van der Waals surface area contributed by atoms with Crippen molar-refractivity contribution in [1.29, 1.82) is 0 Å². The highest BCUT2D eigenvalue weighted by Crippen LogP contribution is 2.00. The van der Waals surface area contributed by atoms with Gasteiger partial charge < -0.3 is 4.48 Å². The second kappa shape index (κ2) is 6.91. The van der Waals surface area contributed by atoms with E-state index in [0.29, 0.717) is 11.0 Å². The molecular weight excluding hydrogens is 226 g/mol. The molecule has 0 radical (unpaired) electrons. The number of aryl methyl sites for hydroxylation is 1. The first-order valence-corrected chi connectivity index (χ1v) is 6.12. The van der Waals surface area contributed by atoms with Crippen LogP contribution in [0.1, 0.15) is 12.0 Å². The lowest BCUT2D eigenvalue weighted by Gasteiger charge is -2.21. The van der Waals surface area contributed by atoms with E-state index >= 15 is 0 Å². The fourth-order valence-electron chi connectivity index (χ4n) is 1.52. The first-order chi connectivity index (χ1) is 8.47. The van der Waals surface area contributed by atoms with Crippen molar-refractivity contribution in [1.82, 2.24) is 5.43 Å². The summed E-state index contributed by atoms with van der Waals surface area (Å²) in [4.78, 5) is 11.5. The molecule has 4 heteroatoms. The molecule has 0 aliphatic rings. The monoisotopic (exact) mass is 248 g/mol. The Balaban J connectivity index is 2.20. The standard InChI is InChI=1S/C14H21N3O/c1-17(2,3)12-14(18)16-15-11-7-10-13-8-5-4-6-9-13/h4-6,8-9,11H,7,10,12H2,1-3H3/p+1. The van der Waals surface area contributed by atoms with Gasteiger partial charge >= 0.3 is 0 Å². The Hall–Kier alpha value is -1.68. The topological polar surface area (TPSA) is 41.5 Å². The molecule has 0 aliphatic heterocycles. The van der Waals surface area contributed by atoms with Gasteiger partial charge in [-0.1, -0.05) is 30.3 Å². The van der Waals surface area contributed by atoms with Gasteiger partial charge in [-0.2, -0.15) is 5.10 Å². The molecule has 0 atom stereocenters. The average Bonchev–Trinajstić information content (AvgIpc) is 2.27. The lowest BCUT2D eigenvalue weighted by atomic mass is 10.1. The van der Waals surface area contributed by atoms with Gasteiger partial charge in [0.05, 0.1) is 21.1 Å². The van der Waals surface area contributed by atoms with Crippen LogP contribution in [-0.4, -0.2) is 44.3 Å². The largest absolute Gasteiger partial charge is 0.323 e. The highest BCUT2D eigenvalue weighted by molar-refractivity contribution is 5.77. The Bertz CT molecular complexity index is 393. The summed E-state index contributed by atoms with van der Waals surface area (Å²) in [6.45, 7) is 0.427. The first-order valence-electron chi connectivity index (χ1n) is 6.12. The normalized spacial score (nSPS) is 11.7. The summed E-state index contributed by atoms with van der Waals surface area (Å²) >= 11 is 0. The van der Waals surface area contributed by atoms with Gasteiger partial charge in [0.1, 0.15) is 0 Å². The summed E-state index contributed by atoms with van der Waals surface area (Å²) in [5, 5.41) is 3.94. The van der Waals surface area contributed by atoms with Crippen LogP contribution in [0.5, 0.6) is 0 Å². The number of carbonyl (C=O) groups excluding carboxylic acids is 1. The smallest absolute Gasteiger partial charge is 0.295 e. The van der Waals surface area contributed by atoms with Crippen molar-refractivity contribution < 1.29 is 9.28 Å². The van der Waals surface area contributed by atoms with Crippen LogP contribution in [0.25, 0.3) is 0 Å². The molecule has 1 aromatic carbocycles. The van der Waals surface area contributed by atoms with Crippen LogP contribution in [0.4, 0.5) is 0 Å². The molecule has 0 bridgehead atoms. The van der Waals surface area contributed by atoms with E-state index in [1.165, 1.54) is 5.56 Å². The molecule has 0 spiro atoms. The Kier molecular flexibility index (Phi) is 5.52. The molecule has 1 N–H and O–H groups in total. The molecule has 98 valence electrons. The van der Waals surface area contributed by atoms with Crippen molar-refractivity contribution in [3.05, 3.63) is 35.9 Å². The van der Waals surface area contributed by atoms with E-state index in [0.717, 1.165) is 12.8 Å². The predicted octanol–water partition coefficient (Wildman–Crippen LogP) is 1.43. The van der Waals surface area contributed by atoms with E-state index in [1.54, 1.807) is 6.21 Å². The summed E-state index contributed by atoms with van der Waals surface area (Å²) in [7, 11) is 5.91. The molecule has 0 aromatic heterocycles. The van der Waals surface area contributed by atoms with E-state index in [1.807, 2.05) is 39.3 Å². The van der Waals surface area contributed by atoms with Crippen molar-refractivity contribution in [3.63, 3.8) is 0 Å². The number of carbonyl (C=O) groups is 1. The Morgan fingerprint density at radius 3 is 2.56 bits per heavy atom. The number of nitrogens with zero attached hydrogens (tertiary/aromatic N) is 2. The van der Waals surface area contributed by atoms with E-state index < -0.39 is 0 Å². The number of hydrogen-bond acceptors (Lipinski definition) is 2. The Labute approximate surface area is 109 Å². The number of hydrazone groups is 1. The summed E-state index contributed by atoms with van der Waals surface area (Å²) in [5.74, 6) is -0.0570. The molecule has 1 rings (SSSR count). The molecule has 1 amide bonds. The molecule has 4 nitrogen and oxygen atoms in total. The van der Waals surface area contributed by atoms with Crippen LogP contribution in [0.2, 0.25) is 0 Å². The number of amides is 1. The van der Waals surface area contributed by atoms with Crippen molar-refractivity contribution in [2.75, 3.05) is 27.7 Å². The zero-order chi connectivity index (χ0) is 13.4. The molecule has 0 unspecified atom stereocenters. The zero-order valence-electron chi connectivity index (χ0n) is 11.4. The molecule has 0 aliphatic carbocycles. The van der Waals surface area contributed by atoms with Crippen LogP contribution in [0.3, 0.4) is 0 Å². The highest BCUT2D eigenvalue weighted by atomic mass is 16.2. The maximum absolute atomic E-state index is 11.5. The molecule has 0 saturated heterocycles. The van der Waals surface area contributed by atoms with E-state index in [-0.39, 0.29) is 5.91 Å². The second-order valence-electron chi connectivity index (χ2n) is 5.32. The van der Waals surface area contributed by atoms with Gasteiger partial charge in [-0.3, -0.25) is 4.79 Å². The second-order valence-corrected chi connectivity index (χ2v) is 5.32. The number of quaternary nitrogens is 1. The Morgan fingerprint density at radius 2 is 1.94 bits per heavy atom. The van der Waals surface area contributed by atoms with Crippen LogP contribution in [0.15, 0.2) is 35.4 Å². The molecule has 1 aromatic rings. The van der Waals surface area contributed by atoms with Crippen LogP contribution in [0, 0.1) is 0 Å². The van der Waals surface area contributed by atoms with Crippen LogP contribution in [-0.2, 0) is 11.2 Å². The molecule has 0 fully saturated rings. The third-order valence-electron chi connectivity index (χ3n) is 2.30. The van der Waals surface area contributed by atoms with Gasteiger partial charge in [0, 0.05) is 6.21 Å². The quantitative estimate of drug-likeness (QED) is 0.462. The first kappa shape index (κ1) is 14.4. The minimum Gasteiger partial charge on any atom is -0.323 e. The predicted molar refractivity (Wildman–Crippen MR) is 74.3 cm³/mol. The third-order valence-corrected chi connectivity index (χ3v) is 2.30. The molecule has 0 heterocycles. The summed E-state index contributed by atoms with van der Waals surface area (Å²) in [5.41, 5.74) is 3.82. The molecule has 18 heavy (non-hydrogen) atoms. The molecule has 0 saturated carbocycles. The summed E-state index contributed by atoms with van der Waals surface area (Å²) < 4.78 is 0.603. The zero-order valence-corrected chi connectivity index (χ0v) is 11.4. The average molecular weight is 248 g/mol. The van der Waals surface area contributed by atoms with Crippen LogP contribution >= 0.6 is 0 Å². The SMILES string of the molecule is C[N+](C)(C)CC(=O)NN=CCCc1ccccc1. The van der Waals surface area contributed by atoms with Crippen molar-refractivity contribution >= 4 is 12.1 Å². The minimum absolute atomic E-state index is 0.0570. The van der Waals surface area contributed by atoms with Gasteiger partial charge in [-0.25, -0.2) is 5.43 Å². The van der Waals surface area contributed by atoms with Gasteiger partial charge in [0.25, 0.3) is 5.91 Å². The van der Waals surface area contributed by atoms with Gasteiger partial charge in [0.15, 0.2) is 6.54 Å². The van der Waals surface area contributed by atoms with E-state index in [4.69, 9.17) is 0 Å². The lowest BCUT2D eigenvalue weighted by molar-refractivity contribution is -0.862. The number of likely N-dealkylation sites (N-methyl/N-ethyl adjacent to an activating group) is 1. The fourth-order valence-corrected chi connectivity index (χ4v) is 1.52. The number of rotatable bonds is 6. The van der Waals surface area contributed by atoms with Crippen molar-refractivity contribution in [3.8, 4) is 0 Å². The minimum atomic E-state index is -0.0570. The number of nitrogens with one attached hydrogen (secondary N) is 1. The summed E-state index contributed by atoms with van der Waals surface area (Å²) in [6.07, 6.45) is 3.52. The number of benzene rings is 1. The van der Waals surface area contributed by atoms with Gasteiger partial charge in [-0.05, 0) is 18.4 Å². The maximum Gasteiger partial charge on any atom is 0.295 e. The maximum atomic E-state index is 11.5. The van der Waals surface area contributed by atoms with E-state index in [9.17, 15) is 4.79 Å². The highest BCUT2D eigenvalue weighted by Gasteiger charge is 2.12.